The molecule has 4 nitrogen and oxygen atoms in total. The third-order valence-electron chi connectivity index (χ3n) is 4.35. The van der Waals surface area contributed by atoms with Gasteiger partial charge in [0.1, 0.15) is 5.75 Å². The molecule has 1 saturated heterocycles. The standard InChI is InChI=1S/C18H31N3O/c1-5-19-12-17-14(4)20-21-18(17)15-7-6-8-16(11-15)22-10-9-13(2)3/h6-8,11,13-14,17-21H,5,9-10,12H2,1-4H3. The summed E-state index contributed by atoms with van der Waals surface area (Å²) in [5, 5.41) is 3.47. The molecular weight excluding hydrogens is 274 g/mol. The molecule has 1 aliphatic heterocycles. The van der Waals surface area contributed by atoms with Gasteiger partial charge in [0.2, 0.25) is 0 Å². The molecule has 3 atom stereocenters. The second-order valence-corrected chi connectivity index (χ2v) is 6.63. The van der Waals surface area contributed by atoms with Gasteiger partial charge in [0, 0.05) is 18.5 Å². The predicted molar refractivity (Wildman–Crippen MR) is 91.9 cm³/mol. The zero-order valence-corrected chi connectivity index (χ0v) is 14.4. The molecule has 0 radical (unpaired) electrons. The van der Waals surface area contributed by atoms with Crippen molar-refractivity contribution in [3.8, 4) is 5.75 Å². The second-order valence-electron chi connectivity index (χ2n) is 6.63. The van der Waals surface area contributed by atoms with Crippen molar-refractivity contribution in [3.05, 3.63) is 29.8 Å². The van der Waals surface area contributed by atoms with Gasteiger partial charge >= 0.3 is 0 Å². The minimum Gasteiger partial charge on any atom is -0.494 e. The van der Waals surface area contributed by atoms with Crippen LogP contribution in [-0.2, 0) is 0 Å². The predicted octanol–water partition coefficient (Wildman–Crippen LogP) is 2.87. The minimum absolute atomic E-state index is 0.322. The fraction of sp³-hybridized carbons (Fsp3) is 0.667. The number of nitrogens with one attached hydrogen (secondary N) is 3. The first-order chi connectivity index (χ1) is 10.6. The molecule has 1 aliphatic rings. The highest BCUT2D eigenvalue weighted by molar-refractivity contribution is 5.31. The summed E-state index contributed by atoms with van der Waals surface area (Å²) in [5.41, 5.74) is 8.10. The lowest BCUT2D eigenvalue weighted by atomic mass is 9.90. The van der Waals surface area contributed by atoms with Gasteiger partial charge in [-0.05, 0) is 43.5 Å². The lowest BCUT2D eigenvalue weighted by molar-refractivity contribution is 0.288. The smallest absolute Gasteiger partial charge is 0.119 e. The summed E-state index contributed by atoms with van der Waals surface area (Å²) in [6.07, 6.45) is 1.09. The van der Waals surface area contributed by atoms with Crippen LogP contribution in [0.5, 0.6) is 5.75 Å². The summed E-state index contributed by atoms with van der Waals surface area (Å²) >= 11 is 0. The van der Waals surface area contributed by atoms with Gasteiger partial charge in [0.25, 0.3) is 0 Å². The third-order valence-corrected chi connectivity index (χ3v) is 4.35. The normalized spacial score (nSPS) is 24.9. The van der Waals surface area contributed by atoms with E-state index in [0.717, 1.165) is 31.9 Å². The van der Waals surface area contributed by atoms with Crippen LogP contribution < -0.4 is 20.9 Å². The first-order valence-corrected chi connectivity index (χ1v) is 8.56. The molecule has 22 heavy (non-hydrogen) atoms. The molecule has 0 aliphatic carbocycles. The van der Waals surface area contributed by atoms with Crippen molar-refractivity contribution < 1.29 is 4.74 Å². The van der Waals surface area contributed by atoms with Crippen LogP contribution in [0, 0.1) is 11.8 Å². The van der Waals surface area contributed by atoms with Gasteiger partial charge in [-0.25, -0.2) is 5.43 Å². The lowest BCUT2D eigenvalue weighted by Gasteiger charge is -2.22. The number of hydrazine groups is 1. The molecule has 0 bridgehead atoms. The second kappa shape index (κ2) is 8.51. The van der Waals surface area contributed by atoms with E-state index in [1.807, 2.05) is 0 Å². The number of rotatable bonds is 8. The molecular formula is C18H31N3O. The van der Waals surface area contributed by atoms with Gasteiger partial charge < -0.3 is 10.1 Å². The molecule has 1 aromatic carbocycles. The molecule has 1 heterocycles. The summed E-state index contributed by atoms with van der Waals surface area (Å²) < 4.78 is 5.90. The topological polar surface area (TPSA) is 45.3 Å². The van der Waals surface area contributed by atoms with E-state index in [1.54, 1.807) is 0 Å². The first kappa shape index (κ1) is 17.3. The molecule has 0 aromatic heterocycles. The highest BCUT2D eigenvalue weighted by atomic mass is 16.5. The van der Waals surface area contributed by atoms with Crippen LogP contribution >= 0.6 is 0 Å². The maximum atomic E-state index is 5.90. The Morgan fingerprint density at radius 3 is 2.82 bits per heavy atom. The summed E-state index contributed by atoms with van der Waals surface area (Å²) in [5.74, 6) is 2.18. The van der Waals surface area contributed by atoms with E-state index in [-0.39, 0.29) is 0 Å². The van der Waals surface area contributed by atoms with E-state index in [0.29, 0.717) is 23.9 Å². The Hall–Kier alpha value is -1.10. The molecule has 3 N–H and O–H groups in total. The van der Waals surface area contributed by atoms with Crippen molar-refractivity contribution >= 4 is 0 Å². The SMILES string of the molecule is CCNCC1C(C)NNC1c1cccc(OCCC(C)C)c1. The van der Waals surface area contributed by atoms with Crippen molar-refractivity contribution in [1.82, 2.24) is 16.2 Å². The van der Waals surface area contributed by atoms with Crippen LogP contribution in [-0.4, -0.2) is 25.7 Å². The molecule has 4 heteroatoms. The van der Waals surface area contributed by atoms with Gasteiger partial charge in [-0.1, -0.05) is 32.9 Å². The van der Waals surface area contributed by atoms with Crippen LogP contribution in [0.2, 0.25) is 0 Å². The number of ether oxygens (including phenoxy) is 1. The maximum Gasteiger partial charge on any atom is 0.119 e. The third kappa shape index (κ3) is 4.70. The van der Waals surface area contributed by atoms with Crippen molar-refractivity contribution in [2.75, 3.05) is 19.7 Å². The highest BCUT2D eigenvalue weighted by Crippen LogP contribution is 2.30. The molecule has 3 unspecified atom stereocenters. The first-order valence-electron chi connectivity index (χ1n) is 8.56. The van der Waals surface area contributed by atoms with Crippen molar-refractivity contribution in [2.24, 2.45) is 11.8 Å². The Morgan fingerprint density at radius 1 is 1.27 bits per heavy atom. The van der Waals surface area contributed by atoms with Crippen molar-refractivity contribution in [1.29, 1.82) is 0 Å². The van der Waals surface area contributed by atoms with Crippen molar-refractivity contribution in [2.45, 2.75) is 46.2 Å². The molecule has 124 valence electrons. The van der Waals surface area contributed by atoms with Crippen LogP contribution in [0.15, 0.2) is 24.3 Å². The van der Waals surface area contributed by atoms with Gasteiger partial charge in [0.15, 0.2) is 0 Å². The number of hydrogen-bond acceptors (Lipinski definition) is 4. The monoisotopic (exact) mass is 305 g/mol. The van der Waals surface area contributed by atoms with Gasteiger partial charge in [-0.2, -0.15) is 0 Å². The Kier molecular flexibility index (Phi) is 6.68. The quantitative estimate of drug-likeness (QED) is 0.691. The lowest BCUT2D eigenvalue weighted by Crippen LogP contribution is -2.32. The Labute approximate surface area is 135 Å². The zero-order chi connectivity index (χ0) is 15.9. The number of hydrogen-bond donors (Lipinski definition) is 3. The van der Waals surface area contributed by atoms with Crippen LogP contribution in [0.1, 0.15) is 45.7 Å². The fourth-order valence-corrected chi connectivity index (χ4v) is 2.87. The van der Waals surface area contributed by atoms with Crippen LogP contribution in [0.3, 0.4) is 0 Å². The maximum absolute atomic E-state index is 5.90. The van der Waals surface area contributed by atoms with Gasteiger partial charge in [-0.15, -0.1) is 0 Å². The van der Waals surface area contributed by atoms with E-state index < -0.39 is 0 Å². The van der Waals surface area contributed by atoms with E-state index in [1.165, 1.54) is 5.56 Å². The van der Waals surface area contributed by atoms with E-state index in [4.69, 9.17) is 4.74 Å². The van der Waals surface area contributed by atoms with Crippen LogP contribution in [0.25, 0.3) is 0 Å². The van der Waals surface area contributed by atoms with E-state index in [2.05, 4.69) is 68.1 Å². The summed E-state index contributed by atoms with van der Waals surface area (Å²) in [6.45, 7) is 11.6. The molecule has 2 rings (SSSR count). The Morgan fingerprint density at radius 2 is 2.09 bits per heavy atom. The Balaban J connectivity index is 2.01. The summed E-state index contributed by atoms with van der Waals surface area (Å²) in [7, 11) is 0. The Bertz CT molecular complexity index is 450. The molecule has 0 amide bonds. The minimum atomic E-state index is 0.322. The van der Waals surface area contributed by atoms with Crippen molar-refractivity contribution in [3.63, 3.8) is 0 Å². The highest BCUT2D eigenvalue weighted by Gasteiger charge is 2.33. The average Bonchev–Trinajstić information content (AvgIpc) is 2.86. The van der Waals surface area contributed by atoms with E-state index >= 15 is 0 Å². The van der Waals surface area contributed by atoms with Crippen LogP contribution in [0.4, 0.5) is 0 Å². The number of benzene rings is 1. The largest absolute Gasteiger partial charge is 0.494 e. The molecule has 0 spiro atoms. The molecule has 0 saturated carbocycles. The average molecular weight is 305 g/mol. The molecule has 1 aromatic rings. The summed E-state index contributed by atoms with van der Waals surface area (Å²) in [6, 6.07) is 9.28. The zero-order valence-electron chi connectivity index (χ0n) is 14.4. The van der Waals surface area contributed by atoms with Gasteiger partial charge in [0.05, 0.1) is 12.6 Å². The summed E-state index contributed by atoms with van der Waals surface area (Å²) in [4.78, 5) is 0. The fourth-order valence-electron chi connectivity index (χ4n) is 2.87. The van der Waals surface area contributed by atoms with E-state index in [9.17, 15) is 0 Å². The van der Waals surface area contributed by atoms with Gasteiger partial charge in [-0.3, -0.25) is 5.43 Å². The molecule has 1 fully saturated rings.